The Labute approximate surface area is 168 Å². The second-order valence-corrected chi connectivity index (χ2v) is 7.02. The fraction of sp³-hybridized carbons (Fsp3) is 0.174. The Morgan fingerprint density at radius 1 is 1.07 bits per heavy atom. The number of aromatic nitrogens is 3. The van der Waals surface area contributed by atoms with Crippen LogP contribution in [0.3, 0.4) is 0 Å². The third kappa shape index (κ3) is 3.96. The highest BCUT2D eigenvalue weighted by Crippen LogP contribution is 2.20. The third-order valence-corrected chi connectivity index (χ3v) is 4.88. The first kappa shape index (κ1) is 18.7. The third-order valence-electron chi connectivity index (χ3n) is 4.88. The molecule has 29 heavy (non-hydrogen) atoms. The van der Waals surface area contributed by atoms with Gasteiger partial charge in [-0.25, -0.2) is 4.98 Å². The maximum Gasteiger partial charge on any atom is 0.255 e. The highest BCUT2D eigenvalue weighted by atomic mass is 16.5. The van der Waals surface area contributed by atoms with Gasteiger partial charge in [-0.1, -0.05) is 29.8 Å². The lowest BCUT2D eigenvalue weighted by atomic mass is 10.0. The number of methoxy groups -OCH3 is 1. The lowest BCUT2D eigenvalue weighted by Gasteiger charge is -2.11. The molecule has 0 aliphatic carbocycles. The van der Waals surface area contributed by atoms with Crippen LogP contribution >= 0.6 is 0 Å². The molecule has 6 heteroatoms. The highest BCUT2D eigenvalue weighted by molar-refractivity contribution is 5.76. The van der Waals surface area contributed by atoms with Crippen LogP contribution in [0.4, 0.5) is 11.6 Å². The molecule has 0 bridgehead atoms. The fourth-order valence-electron chi connectivity index (χ4n) is 3.23. The van der Waals surface area contributed by atoms with Gasteiger partial charge in [-0.05, 0) is 42.8 Å². The van der Waals surface area contributed by atoms with Crippen LogP contribution in [-0.4, -0.2) is 21.6 Å². The molecule has 0 amide bonds. The van der Waals surface area contributed by atoms with Gasteiger partial charge in [0.1, 0.15) is 11.4 Å². The molecule has 2 aromatic carbocycles. The van der Waals surface area contributed by atoms with Gasteiger partial charge in [-0.15, -0.1) is 0 Å². The largest absolute Gasteiger partial charge is 0.497 e. The Kier molecular flexibility index (Phi) is 4.99. The summed E-state index contributed by atoms with van der Waals surface area (Å²) in [5.41, 5.74) is 4.41. The Hall–Kier alpha value is -3.67. The minimum absolute atomic E-state index is 0.0489. The van der Waals surface area contributed by atoms with Crippen molar-refractivity contribution < 1.29 is 4.74 Å². The number of nitrogens with zero attached hydrogens (tertiary/aromatic N) is 3. The van der Waals surface area contributed by atoms with E-state index < -0.39 is 0 Å². The lowest BCUT2D eigenvalue weighted by Crippen LogP contribution is -2.22. The van der Waals surface area contributed by atoms with Crippen molar-refractivity contribution in [2.75, 3.05) is 12.4 Å². The zero-order valence-electron chi connectivity index (χ0n) is 16.6. The molecule has 0 fully saturated rings. The first-order valence-electron chi connectivity index (χ1n) is 9.36. The van der Waals surface area contributed by atoms with Crippen molar-refractivity contribution in [2.45, 2.75) is 13.3 Å². The van der Waals surface area contributed by atoms with Crippen LogP contribution in [-0.2, 0) is 13.5 Å². The summed E-state index contributed by atoms with van der Waals surface area (Å²) in [4.78, 5) is 21.8. The van der Waals surface area contributed by atoms with Gasteiger partial charge in [0.15, 0.2) is 0 Å². The molecule has 0 aliphatic rings. The molecule has 0 saturated heterocycles. The Balaban J connectivity index is 1.65. The number of ether oxygens (including phenoxy) is 1. The first-order valence-corrected chi connectivity index (χ1v) is 9.36. The summed E-state index contributed by atoms with van der Waals surface area (Å²) >= 11 is 0. The SMILES string of the molecule is COc1ccc(Nc2ncc3cc(Cc4ccc(C)cc4)c(=O)n(C)c3n2)cc1. The van der Waals surface area contributed by atoms with E-state index in [0.29, 0.717) is 18.0 Å². The van der Waals surface area contributed by atoms with Gasteiger partial charge in [0, 0.05) is 36.3 Å². The second kappa shape index (κ2) is 7.75. The van der Waals surface area contributed by atoms with E-state index in [2.05, 4.69) is 39.6 Å². The van der Waals surface area contributed by atoms with E-state index in [4.69, 9.17) is 4.74 Å². The molecule has 0 radical (unpaired) electrons. The van der Waals surface area contributed by atoms with Crippen molar-refractivity contribution in [3.63, 3.8) is 0 Å². The number of hydrogen-bond acceptors (Lipinski definition) is 5. The number of hydrogen-bond donors (Lipinski definition) is 1. The maximum absolute atomic E-state index is 12.9. The molecular formula is C23H22N4O2. The van der Waals surface area contributed by atoms with E-state index in [9.17, 15) is 4.79 Å². The minimum atomic E-state index is -0.0489. The summed E-state index contributed by atoms with van der Waals surface area (Å²) in [6, 6.07) is 17.6. The monoisotopic (exact) mass is 386 g/mol. The number of nitrogens with one attached hydrogen (secondary N) is 1. The minimum Gasteiger partial charge on any atom is -0.497 e. The van der Waals surface area contributed by atoms with Gasteiger partial charge in [-0.2, -0.15) is 4.98 Å². The van der Waals surface area contributed by atoms with Crippen LogP contribution in [0.2, 0.25) is 0 Å². The fourth-order valence-corrected chi connectivity index (χ4v) is 3.23. The Morgan fingerprint density at radius 2 is 1.79 bits per heavy atom. The van der Waals surface area contributed by atoms with Gasteiger partial charge in [0.25, 0.3) is 5.56 Å². The van der Waals surface area contributed by atoms with Crippen LogP contribution in [0.15, 0.2) is 65.6 Å². The van der Waals surface area contributed by atoms with Gasteiger partial charge in [-0.3, -0.25) is 9.36 Å². The highest BCUT2D eigenvalue weighted by Gasteiger charge is 2.10. The molecule has 4 aromatic rings. The molecular weight excluding hydrogens is 364 g/mol. The molecule has 6 nitrogen and oxygen atoms in total. The summed E-state index contributed by atoms with van der Waals surface area (Å²) in [5, 5.41) is 3.99. The molecule has 2 aromatic heterocycles. The number of rotatable bonds is 5. The Bertz CT molecular complexity index is 1210. The smallest absolute Gasteiger partial charge is 0.255 e. The molecule has 4 rings (SSSR count). The van der Waals surface area contributed by atoms with Crippen molar-refractivity contribution in [1.82, 2.24) is 14.5 Å². The number of anilines is 2. The molecule has 0 unspecified atom stereocenters. The zero-order chi connectivity index (χ0) is 20.4. The van der Waals surface area contributed by atoms with E-state index in [1.807, 2.05) is 37.3 Å². The van der Waals surface area contributed by atoms with E-state index in [1.54, 1.807) is 24.9 Å². The summed E-state index contributed by atoms with van der Waals surface area (Å²) in [6.07, 6.45) is 2.32. The average Bonchev–Trinajstić information content (AvgIpc) is 2.74. The maximum atomic E-state index is 12.9. The van der Waals surface area contributed by atoms with E-state index >= 15 is 0 Å². The van der Waals surface area contributed by atoms with Crippen LogP contribution in [0.1, 0.15) is 16.7 Å². The second-order valence-electron chi connectivity index (χ2n) is 7.02. The van der Waals surface area contributed by atoms with Gasteiger partial charge in [0.05, 0.1) is 7.11 Å². The van der Waals surface area contributed by atoms with Crippen LogP contribution in [0.5, 0.6) is 5.75 Å². The standard InChI is InChI=1S/C23H22N4O2/c1-15-4-6-16(7-5-15)12-17-13-18-14-24-23(26-21(18)27(2)22(17)28)25-19-8-10-20(29-3)11-9-19/h4-11,13-14H,12H2,1-3H3,(H,24,25,26). The Morgan fingerprint density at radius 3 is 2.48 bits per heavy atom. The summed E-state index contributed by atoms with van der Waals surface area (Å²) in [7, 11) is 3.37. The van der Waals surface area contributed by atoms with Gasteiger partial charge >= 0.3 is 0 Å². The molecule has 0 aliphatic heterocycles. The van der Waals surface area contributed by atoms with E-state index in [1.165, 1.54) is 5.56 Å². The van der Waals surface area contributed by atoms with Crippen LogP contribution in [0, 0.1) is 6.92 Å². The summed E-state index contributed by atoms with van der Waals surface area (Å²) in [5.74, 6) is 1.21. The van der Waals surface area contributed by atoms with Crippen molar-refractivity contribution in [1.29, 1.82) is 0 Å². The lowest BCUT2D eigenvalue weighted by molar-refractivity contribution is 0.415. The number of fused-ring (bicyclic) bond motifs is 1. The normalized spacial score (nSPS) is 10.9. The van der Waals surface area contributed by atoms with Gasteiger partial charge < -0.3 is 10.1 Å². The van der Waals surface area contributed by atoms with Crippen molar-refractivity contribution in [3.8, 4) is 5.75 Å². The molecule has 1 N–H and O–H groups in total. The molecule has 146 valence electrons. The van der Waals surface area contributed by atoms with Crippen molar-refractivity contribution in [3.05, 3.63) is 87.8 Å². The van der Waals surface area contributed by atoms with Gasteiger partial charge in [0.2, 0.25) is 5.95 Å². The van der Waals surface area contributed by atoms with Crippen molar-refractivity contribution >= 4 is 22.7 Å². The molecule has 0 atom stereocenters. The number of pyridine rings is 1. The summed E-state index contributed by atoms with van der Waals surface area (Å²) < 4.78 is 6.75. The van der Waals surface area contributed by atoms with Crippen LogP contribution in [0.25, 0.3) is 11.0 Å². The predicted octanol–water partition coefficient (Wildman–Crippen LogP) is 3.98. The molecule has 2 heterocycles. The summed E-state index contributed by atoms with van der Waals surface area (Å²) in [6.45, 7) is 2.05. The molecule has 0 spiro atoms. The molecule has 0 saturated carbocycles. The van der Waals surface area contributed by atoms with Crippen molar-refractivity contribution in [2.24, 2.45) is 7.05 Å². The predicted molar refractivity (Wildman–Crippen MR) is 115 cm³/mol. The quantitative estimate of drug-likeness (QED) is 0.562. The van der Waals surface area contributed by atoms with E-state index in [0.717, 1.165) is 28.0 Å². The average molecular weight is 386 g/mol. The van der Waals surface area contributed by atoms with E-state index in [-0.39, 0.29) is 5.56 Å². The zero-order valence-corrected chi connectivity index (χ0v) is 16.6. The number of benzene rings is 2. The topological polar surface area (TPSA) is 69.0 Å². The number of aryl methyl sites for hydroxylation is 2. The van der Waals surface area contributed by atoms with Crippen LogP contribution < -0.4 is 15.6 Å². The first-order chi connectivity index (χ1) is 14.0.